The van der Waals surface area contributed by atoms with Gasteiger partial charge in [-0.05, 0) is 68.7 Å². The molecule has 10 nitrogen and oxygen atoms in total. The van der Waals surface area contributed by atoms with Crippen molar-refractivity contribution in [3.63, 3.8) is 0 Å². The van der Waals surface area contributed by atoms with Crippen molar-refractivity contribution in [2.75, 3.05) is 32.2 Å². The number of hydrogen-bond donors (Lipinski definition) is 1. The topological polar surface area (TPSA) is 114 Å². The predicted molar refractivity (Wildman–Crippen MR) is 169 cm³/mol. The van der Waals surface area contributed by atoms with Gasteiger partial charge < -0.3 is 24.4 Å². The number of carbonyl (C=O) groups excluding carboxylic acids is 2. The molecule has 0 heterocycles. The second-order valence-electron chi connectivity index (χ2n) is 10.9. The summed E-state index contributed by atoms with van der Waals surface area (Å²) in [7, 11) is 0.190. The number of carbonyl (C=O) groups is 2. The molecule has 0 bridgehead atoms. The first-order valence-corrected chi connectivity index (χ1v) is 16.1. The zero-order valence-corrected chi connectivity index (χ0v) is 26.7. The Morgan fingerprint density at radius 1 is 0.886 bits per heavy atom. The van der Waals surface area contributed by atoms with Crippen LogP contribution in [0.2, 0.25) is 0 Å². The fourth-order valence-corrected chi connectivity index (χ4v) is 6.66. The van der Waals surface area contributed by atoms with E-state index in [0.29, 0.717) is 11.5 Å². The lowest BCUT2D eigenvalue weighted by Gasteiger charge is -2.33. The number of amides is 2. The summed E-state index contributed by atoms with van der Waals surface area (Å²) in [6.07, 6.45) is 3.87. The average molecular weight is 624 g/mol. The van der Waals surface area contributed by atoms with Crippen LogP contribution in [0.25, 0.3) is 0 Å². The second kappa shape index (κ2) is 14.5. The van der Waals surface area contributed by atoms with Gasteiger partial charge >= 0.3 is 0 Å². The lowest BCUT2D eigenvalue weighted by molar-refractivity contribution is -0.139. The largest absolute Gasteiger partial charge is 0.497 e. The zero-order chi connectivity index (χ0) is 31.9. The maximum absolute atomic E-state index is 14.3. The monoisotopic (exact) mass is 623 g/mol. The Kier molecular flexibility index (Phi) is 10.7. The molecule has 1 N–H and O–H groups in total. The van der Waals surface area contributed by atoms with E-state index in [1.165, 1.54) is 37.3 Å². The minimum atomic E-state index is -4.27. The van der Waals surface area contributed by atoms with Crippen molar-refractivity contribution >= 4 is 27.5 Å². The number of nitrogens with one attached hydrogen (secondary N) is 1. The fourth-order valence-electron chi connectivity index (χ4n) is 5.24. The van der Waals surface area contributed by atoms with Gasteiger partial charge in [-0.3, -0.25) is 13.9 Å². The van der Waals surface area contributed by atoms with Crippen molar-refractivity contribution < 1.29 is 32.2 Å². The van der Waals surface area contributed by atoms with Crippen LogP contribution in [-0.2, 0) is 26.2 Å². The molecule has 4 rings (SSSR count). The predicted octanol–water partition coefficient (Wildman–Crippen LogP) is 4.69. The van der Waals surface area contributed by atoms with Crippen LogP contribution in [0.15, 0.2) is 71.6 Å². The third kappa shape index (κ3) is 7.63. The Morgan fingerprint density at radius 3 is 2.09 bits per heavy atom. The molecule has 0 spiro atoms. The third-order valence-corrected chi connectivity index (χ3v) is 9.70. The summed E-state index contributed by atoms with van der Waals surface area (Å²) in [6, 6.07) is 17.5. The molecule has 0 saturated heterocycles. The van der Waals surface area contributed by atoms with Gasteiger partial charge in [0.2, 0.25) is 11.8 Å². The van der Waals surface area contributed by atoms with Crippen molar-refractivity contribution in [3.05, 3.63) is 77.9 Å². The smallest absolute Gasteiger partial charge is 0.264 e. The molecule has 1 atom stereocenters. The standard InChI is InChI=1S/C33H41N3O7S/c1-23-10-17-29(18-11-23)44(39,40)36(30-20-28(42-4)16-19-31(30)43-5)22-32(37)35(21-25-12-14-27(41-3)15-13-25)24(2)33(38)34-26-8-6-7-9-26/h10-20,24,26H,6-9,21-22H2,1-5H3,(H,34,38)/t24-/m1/s1. The van der Waals surface area contributed by atoms with Crippen molar-refractivity contribution in [1.82, 2.24) is 10.2 Å². The van der Waals surface area contributed by atoms with E-state index in [9.17, 15) is 18.0 Å². The summed E-state index contributed by atoms with van der Waals surface area (Å²) in [6.45, 7) is 3.02. The summed E-state index contributed by atoms with van der Waals surface area (Å²) in [5.41, 5.74) is 1.78. The number of nitrogens with zero attached hydrogens (tertiary/aromatic N) is 2. The maximum Gasteiger partial charge on any atom is 0.264 e. The minimum Gasteiger partial charge on any atom is -0.497 e. The van der Waals surface area contributed by atoms with Crippen molar-refractivity contribution in [2.24, 2.45) is 0 Å². The molecular weight excluding hydrogens is 582 g/mol. The molecule has 3 aromatic rings. The summed E-state index contributed by atoms with van der Waals surface area (Å²) in [5, 5.41) is 3.08. The average Bonchev–Trinajstić information content (AvgIpc) is 3.55. The van der Waals surface area contributed by atoms with Crippen LogP contribution >= 0.6 is 0 Å². The van der Waals surface area contributed by atoms with Crippen LogP contribution in [0.3, 0.4) is 0 Å². The van der Waals surface area contributed by atoms with Gasteiger partial charge in [0.1, 0.15) is 29.8 Å². The number of hydrogen-bond acceptors (Lipinski definition) is 7. The Morgan fingerprint density at radius 2 is 1.50 bits per heavy atom. The molecule has 3 aromatic carbocycles. The first kappa shape index (κ1) is 32.7. The lowest BCUT2D eigenvalue weighted by Crippen LogP contribution is -2.52. The number of aryl methyl sites for hydroxylation is 1. The summed E-state index contributed by atoms with van der Waals surface area (Å²) >= 11 is 0. The summed E-state index contributed by atoms with van der Waals surface area (Å²) < 4.78 is 45.6. The van der Waals surface area contributed by atoms with E-state index in [4.69, 9.17) is 14.2 Å². The lowest BCUT2D eigenvalue weighted by atomic mass is 10.1. The summed E-state index contributed by atoms with van der Waals surface area (Å²) in [5.74, 6) is 0.431. The molecule has 0 unspecified atom stereocenters. The molecule has 44 heavy (non-hydrogen) atoms. The summed E-state index contributed by atoms with van der Waals surface area (Å²) in [4.78, 5) is 29.1. The number of methoxy groups -OCH3 is 3. The molecule has 0 aromatic heterocycles. The van der Waals surface area contributed by atoms with E-state index >= 15 is 0 Å². The number of rotatable bonds is 13. The maximum atomic E-state index is 14.3. The molecule has 1 saturated carbocycles. The first-order valence-electron chi connectivity index (χ1n) is 14.6. The van der Waals surface area contributed by atoms with Gasteiger partial charge in [-0.15, -0.1) is 0 Å². The molecule has 0 aliphatic heterocycles. The van der Waals surface area contributed by atoms with Gasteiger partial charge in [-0.25, -0.2) is 8.42 Å². The van der Waals surface area contributed by atoms with Crippen LogP contribution in [0, 0.1) is 6.92 Å². The Hall–Kier alpha value is -4.25. The molecule has 1 aliphatic rings. The molecule has 0 radical (unpaired) electrons. The Balaban J connectivity index is 1.75. The van der Waals surface area contributed by atoms with Crippen LogP contribution in [0.1, 0.15) is 43.7 Å². The van der Waals surface area contributed by atoms with Gasteiger partial charge in [0, 0.05) is 18.7 Å². The highest BCUT2D eigenvalue weighted by atomic mass is 32.2. The molecule has 236 valence electrons. The highest BCUT2D eigenvalue weighted by Crippen LogP contribution is 2.36. The fraction of sp³-hybridized carbons (Fsp3) is 0.394. The van der Waals surface area contributed by atoms with Crippen LogP contribution in [0.5, 0.6) is 17.2 Å². The normalized spacial score (nSPS) is 14.0. The first-order chi connectivity index (χ1) is 21.1. The molecular formula is C33H41N3O7S. The molecule has 1 aliphatic carbocycles. The Bertz CT molecular complexity index is 1540. The van der Waals surface area contributed by atoms with E-state index in [1.807, 2.05) is 19.1 Å². The van der Waals surface area contributed by atoms with E-state index in [0.717, 1.165) is 41.1 Å². The van der Waals surface area contributed by atoms with E-state index in [2.05, 4.69) is 5.32 Å². The quantitative estimate of drug-likeness (QED) is 0.294. The number of anilines is 1. The van der Waals surface area contributed by atoms with Crippen LogP contribution < -0.4 is 23.8 Å². The van der Waals surface area contributed by atoms with E-state index in [-0.39, 0.29) is 34.8 Å². The van der Waals surface area contributed by atoms with Crippen LogP contribution in [-0.4, -0.2) is 65.1 Å². The molecule has 11 heteroatoms. The number of ether oxygens (including phenoxy) is 3. The Labute approximate surface area is 260 Å². The van der Waals surface area contributed by atoms with Gasteiger partial charge in [0.15, 0.2) is 0 Å². The molecule has 1 fully saturated rings. The van der Waals surface area contributed by atoms with Crippen molar-refractivity contribution in [1.29, 1.82) is 0 Å². The van der Waals surface area contributed by atoms with E-state index in [1.54, 1.807) is 50.4 Å². The highest BCUT2D eigenvalue weighted by molar-refractivity contribution is 7.92. The van der Waals surface area contributed by atoms with Gasteiger partial charge in [-0.1, -0.05) is 42.7 Å². The molecule has 2 amide bonds. The minimum absolute atomic E-state index is 0.00880. The van der Waals surface area contributed by atoms with Crippen molar-refractivity contribution in [3.8, 4) is 17.2 Å². The SMILES string of the molecule is COc1ccc(CN(C(=O)CN(c2cc(OC)ccc2OC)S(=O)(=O)c2ccc(C)cc2)[C@H](C)C(=O)NC2CCCC2)cc1. The second-order valence-corrected chi connectivity index (χ2v) is 12.8. The van der Waals surface area contributed by atoms with E-state index < -0.39 is 28.5 Å². The number of sulfonamides is 1. The van der Waals surface area contributed by atoms with Crippen LogP contribution in [0.4, 0.5) is 5.69 Å². The highest BCUT2D eigenvalue weighted by Gasteiger charge is 2.34. The van der Waals surface area contributed by atoms with Crippen molar-refractivity contribution in [2.45, 2.75) is 63.1 Å². The van der Waals surface area contributed by atoms with Gasteiger partial charge in [-0.2, -0.15) is 0 Å². The zero-order valence-electron chi connectivity index (χ0n) is 25.9. The third-order valence-electron chi connectivity index (χ3n) is 7.92. The van der Waals surface area contributed by atoms with Gasteiger partial charge in [0.05, 0.1) is 31.9 Å². The van der Waals surface area contributed by atoms with Gasteiger partial charge in [0.25, 0.3) is 10.0 Å². The number of benzene rings is 3.